The van der Waals surface area contributed by atoms with Crippen molar-refractivity contribution in [3.8, 4) is 11.5 Å². The van der Waals surface area contributed by atoms with Gasteiger partial charge in [-0.15, -0.1) is 0 Å². The lowest BCUT2D eigenvalue weighted by atomic mass is 10.1. The summed E-state index contributed by atoms with van der Waals surface area (Å²) in [6.45, 7) is 1.57. The van der Waals surface area contributed by atoms with Crippen LogP contribution in [0.25, 0.3) is 0 Å². The van der Waals surface area contributed by atoms with Crippen LogP contribution in [0.15, 0.2) is 77.7 Å². The lowest BCUT2D eigenvalue weighted by Crippen LogP contribution is -2.45. The normalized spacial score (nSPS) is 15.1. The molecule has 0 saturated carbocycles. The summed E-state index contributed by atoms with van der Waals surface area (Å²) in [5, 5.41) is 0. The molecule has 0 aromatic heterocycles. The lowest BCUT2D eigenvalue weighted by Gasteiger charge is -2.29. The minimum absolute atomic E-state index is 0.0802. The van der Waals surface area contributed by atoms with Gasteiger partial charge in [-0.1, -0.05) is 36.4 Å². The van der Waals surface area contributed by atoms with Crippen LogP contribution in [0.4, 0.5) is 11.4 Å². The first kappa shape index (κ1) is 22.7. The summed E-state index contributed by atoms with van der Waals surface area (Å²) in [5.74, 6) is 0.446. The molecule has 1 heterocycles. The van der Waals surface area contributed by atoms with E-state index in [4.69, 9.17) is 9.47 Å². The number of para-hydroxylation sites is 1. The molecule has 1 amide bonds. The van der Waals surface area contributed by atoms with Crippen LogP contribution in [0.5, 0.6) is 11.5 Å². The first-order valence-corrected chi connectivity index (χ1v) is 12.0. The van der Waals surface area contributed by atoms with Crippen molar-refractivity contribution in [2.75, 3.05) is 30.0 Å². The molecule has 0 saturated heterocycles. The predicted molar refractivity (Wildman–Crippen MR) is 128 cm³/mol. The van der Waals surface area contributed by atoms with Gasteiger partial charge in [0.05, 0.1) is 24.8 Å². The van der Waals surface area contributed by atoms with Crippen LogP contribution in [-0.4, -0.2) is 41.1 Å². The third-order valence-corrected chi connectivity index (χ3v) is 7.51. The van der Waals surface area contributed by atoms with Gasteiger partial charge in [-0.05, 0) is 49.2 Å². The fourth-order valence-corrected chi connectivity index (χ4v) is 5.59. The van der Waals surface area contributed by atoms with Gasteiger partial charge in [0.25, 0.3) is 10.0 Å². The zero-order valence-electron chi connectivity index (χ0n) is 18.8. The Hall–Kier alpha value is -3.52. The van der Waals surface area contributed by atoms with Crippen molar-refractivity contribution in [3.63, 3.8) is 0 Å². The zero-order chi connectivity index (χ0) is 23.6. The number of methoxy groups -OCH3 is 2. The van der Waals surface area contributed by atoms with E-state index in [-0.39, 0.29) is 29.1 Å². The summed E-state index contributed by atoms with van der Waals surface area (Å²) < 4.78 is 39.3. The van der Waals surface area contributed by atoms with E-state index < -0.39 is 10.0 Å². The molecule has 3 aromatic rings. The fourth-order valence-electron chi connectivity index (χ4n) is 4.16. The molecular weight excluding hydrogens is 440 g/mol. The van der Waals surface area contributed by atoms with E-state index in [0.717, 1.165) is 22.0 Å². The summed E-state index contributed by atoms with van der Waals surface area (Å²) >= 11 is 0. The van der Waals surface area contributed by atoms with Gasteiger partial charge in [0.15, 0.2) is 0 Å². The Bertz CT molecular complexity index is 1260. The summed E-state index contributed by atoms with van der Waals surface area (Å²) in [5.41, 5.74) is 2.11. The molecule has 8 heteroatoms. The monoisotopic (exact) mass is 466 g/mol. The fraction of sp³-hybridized carbons (Fsp3) is 0.240. The van der Waals surface area contributed by atoms with Crippen LogP contribution in [0.2, 0.25) is 0 Å². The van der Waals surface area contributed by atoms with Crippen LogP contribution in [0.3, 0.4) is 0 Å². The topological polar surface area (TPSA) is 76.2 Å². The summed E-state index contributed by atoms with van der Waals surface area (Å²) in [4.78, 5) is 15.3. The third kappa shape index (κ3) is 4.26. The number of hydrogen-bond acceptors (Lipinski definition) is 5. The quantitative estimate of drug-likeness (QED) is 0.528. The highest BCUT2D eigenvalue weighted by molar-refractivity contribution is 7.92. The van der Waals surface area contributed by atoms with Crippen molar-refractivity contribution in [3.05, 3.63) is 78.4 Å². The molecule has 7 nitrogen and oxygen atoms in total. The molecule has 1 aliphatic heterocycles. The van der Waals surface area contributed by atoms with Crippen LogP contribution in [0, 0.1) is 0 Å². The van der Waals surface area contributed by atoms with E-state index >= 15 is 0 Å². The molecule has 0 unspecified atom stereocenters. The number of amides is 1. The Morgan fingerprint density at radius 2 is 1.70 bits per heavy atom. The largest absolute Gasteiger partial charge is 0.497 e. The van der Waals surface area contributed by atoms with E-state index in [9.17, 15) is 13.2 Å². The van der Waals surface area contributed by atoms with Crippen molar-refractivity contribution >= 4 is 27.3 Å². The van der Waals surface area contributed by atoms with Crippen molar-refractivity contribution < 1.29 is 22.7 Å². The number of sulfonamides is 1. The molecule has 0 aliphatic carbocycles. The Morgan fingerprint density at radius 3 is 2.39 bits per heavy atom. The van der Waals surface area contributed by atoms with E-state index in [1.807, 2.05) is 31.2 Å². The molecule has 1 aliphatic rings. The molecule has 1 atom stereocenters. The molecule has 0 bridgehead atoms. The van der Waals surface area contributed by atoms with Gasteiger partial charge >= 0.3 is 0 Å². The smallest absolute Gasteiger partial charge is 0.264 e. The average molecular weight is 467 g/mol. The van der Waals surface area contributed by atoms with Gasteiger partial charge in [0, 0.05) is 17.8 Å². The maximum atomic E-state index is 13.7. The Morgan fingerprint density at radius 1 is 1.00 bits per heavy atom. The first-order valence-electron chi connectivity index (χ1n) is 10.6. The second-order valence-electron chi connectivity index (χ2n) is 7.81. The van der Waals surface area contributed by atoms with Crippen molar-refractivity contribution in [2.45, 2.75) is 24.3 Å². The average Bonchev–Trinajstić information content (AvgIpc) is 3.18. The Kier molecular flexibility index (Phi) is 6.29. The number of nitrogens with zero attached hydrogens (tertiary/aromatic N) is 2. The number of carbonyl (C=O) groups excluding carboxylic acids is 1. The minimum Gasteiger partial charge on any atom is -0.497 e. The van der Waals surface area contributed by atoms with E-state index in [2.05, 4.69) is 0 Å². The van der Waals surface area contributed by atoms with Crippen molar-refractivity contribution in [1.29, 1.82) is 0 Å². The Labute approximate surface area is 194 Å². The van der Waals surface area contributed by atoms with Gasteiger partial charge in [0.2, 0.25) is 5.91 Å². The van der Waals surface area contributed by atoms with E-state index in [1.54, 1.807) is 41.3 Å². The van der Waals surface area contributed by atoms with Gasteiger partial charge in [-0.2, -0.15) is 0 Å². The number of ether oxygens (including phenoxy) is 2. The second-order valence-corrected chi connectivity index (χ2v) is 9.67. The molecule has 0 N–H and O–H groups in total. The number of rotatable bonds is 7. The highest BCUT2D eigenvalue weighted by atomic mass is 32.2. The SMILES string of the molecule is COc1ccc(OC)c(N(CC(=O)N2c3ccccc3C[C@@H]2C)S(=O)(=O)c2ccccc2)c1. The molecule has 33 heavy (non-hydrogen) atoms. The predicted octanol–water partition coefficient (Wildman–Crippen LogP) is 3.88. The number of fused-ring (bicyclic) bond motifs is 1. The van der Waals surface area contributed by atoms with Gasteiger partial charge < -0.3 is 14.4 Å². The molecule has 3 aromatic carbocycles. The third-order valence-electron chi connectivity index (χ3n) is 5.74. The minimum atomic E-state index is -4.08. The van der Waals surface area contributed by atoms with Crippen LogP contribution in [-0.2, 0) is 21.2 Å². The zero-order valence-corrected chi connectivity index (χ0v) is 19.6. The number of hydrogen-bond donors (Lipinski definition) is 0. The van der Waals surface area contributed by atoms with Crippen molar-refractivity contribution in [2.24, 2.45) is 0 Å². The maximum absolute atomic E-state index is 13.7. The maximum Gasteiger partial charge on any atom is 0.264 e. The number of anilines is 2. The van der Waals surface area contributed by atoms with E-state index in [0.29, 0.717) is 11.5 Å². The standard InChI is InChI=1S/C25H26N2O5S/c1-18-15-19-9-7-8-12-22(19)27(18)25(28)17-26(33(29,30)21-10-5-4-6-11-21)23-16-20(31-2)13-14-24(23)32-3/h4-14,16,18H,15,17H2,1-3H3/t18-/m0/s1. The number of benzene rings is 3. The molecule has 0 radical (unpaired) electrons. The van der Waals surface area contributed by atoms with Gasteiger partial charge in [0.1, 0.15) is 18.0 Å². The molecular formula is C25H26N2O5S. The van der Waals surface area contributed by atoms with Crippen molar-refractivity contribution in [1.82, 2.24) is 0 Å². The molecule has 0 fully saturated rings. The van der Waals surface area contributed by atoms with Crippen LogP contribution < -0.4 is 18.7 Å². The van der Waals surface area contributed by atoms with Crippen LogP contribution in [0.1, 0.15) is 12.5 Å². The Balaban J connectivity index is 1.80. The van der Waals surface area contributed by atoms with E-state index in [1.165, 1.54) is 26.4 Å². The lowest BCUT2D eigenvalue weighted by molar-refractivity contribution is -0.117. The number of carbonyl (C=O) groups is 1. The highest BCUT2D eigenvalue weighted by Gasteiger charge is 2.35. The molecule has 0 spiro atoms. The summed E-state index contributed by atoms with van der Waals surface area (Å²) in [7, 11) is -1.13. The first-order chi connectivity index (χ1) is 15.9. The highest BCUT2D eigenvalue weighted by Crippen LogP contribution is 2.37. The van der Waals surface area contributed by atoms with Crippen LogP contribution >= 0.6 is 0 Å². The van der Waals surface area contributed by atoms with Gasteiger partial charge in [-0.25, -0.2) is 8.42 Å². The molecule has 172 valence electrons. The second kappa shape index (κ2) is 9.15. The van der Waals surface area contributed by atoms with Gasteiger partial charge in [-0.3, -0.25) is 9.10 Å². The molecule has 4 rings (SSSR count). The summed E-state index contributed by atoms with van der Waals surface area (Å²) in [6.07, 6.45) is 0.718. The summed E-state index contributed by atoms with van der Waals surface area (Å²) in [6, 6.07) is 20.5.